The molecule has 1 amide bonds. The molecule has 0 aliphatic carbocycles. The van der Waals surface area contributed by atoms with Gasteiger partial charge in [0.05, 0.1) is 15.8 Å². The van der Waals surface area contributed by atoms with Crippen LogP contribution in [0.4, 0.5) is 0 Å². The molecule has 1 atom stereocenters. The molecule has 1 unspecified atom stereocenters. The van der Waals surface area contributed by atoms with E-state index in [0.717, 1.165) is 6.42 Å². The van der Waals surface area contributed by atoms with Crippen LogP contribution in [0.5, 0.6) is 0 Å². The fourth-order valence-electron chi connectivity index (χ4n) is 3.58. The number of amides is 1. The van der Waals surface area contributed by atoms with Gasteiger partial charge in [0.15, 0.2) is 0 Å². The Morgan fingerprint density at radius 3 is 2.54 bits per heavy atom. The number of hydrogen-bond donors (Lipinski definition) is 2. The van der Waals surface area contributed by atoms with Crippen molar-refractivity contribution in [3.05, 3.63) is 39.0 Å². The Bertz CT molecular complexity index is 1120. The lowest BCUT2D eigenvalue weighted by atomic mass is 10.2. The van der Waals surface area contributed by atoms with E-state index in [4.69, 9.17) is 4.74 Å². The quantitative estimate of drug-likeness (QED) is 0.685. The number of nitrogens with zero attached hydrogens (tertiary/aromatic N) is 2. The molecule has 1 aromatic carbocycles. The van der Waals surface area contributed by atoms with E-state index < -0.39 is 27.4 Å². The van der Waals surface area contributed by atoms with Crippen molar-refractivity contribution in [1.82, 2.24) is 19.2 Å². The molecule has 4 rings (SSSR count). The van der Waals surface area contributed by atoms with Crippen molar-refractivity contribution in [2.45, 2.75) is 23.8 Å². The molecule has 1 aromatic heterocycles. The average Bonchev–Trinajstić information content (AvgIpc) is 3.22. The smallest absolute Gasteiger partial charge is 0.326 e. The molecular weight excluding hydrogens is 388 g/mol. The molecule has 2 fully saturated rings. The fourth-order valence-corrected chi connectivity index (χ4v) is 5.03. The number of aromatic nitrogens is 2. The predicted octanol–water partition coefficient (Wildman–Crippen LogP) is -0.772. The highest BCUT2D eigenvalue weighted by atomic mass is 32.2. The van der Waals surface area contributed by atoms with Crippen molar-refractivity contribution >= 4 is 26.8 Å². The van der Waals surface area contributed by atoms with Crippen LogP contribution in [0.15, 0.2) is 32.7 Å². The zero-order chi connectivity index (χ0) is 19.9. The van der Waals surface area contributed by atoms with Crippen molar-refractivity contribution in [2.24, 2.45) is 0 Å². The van der Waals surface area contributed by atoms with Crippen LogP contribution in [0.2, 0.25) is 0 Å². The van der Waals surface area contributed by atoms with Crippen molar-refractivity contribution in [1.29, 1.82) is 0 Å². The molecule has 150 valence electrons. The van der Waals surface area contributed by atoms with Crippen LogP contribution in [0, 0.1) is 0 Å². The molecule has 0 radical (unpaired) electrons. The Hall–Kier alpha value is -2.50. The van der Waals surface area contributed by atoms with Gasteiger partial charge in [0.25, 0.3) is 11.5 Å². The summed E-state index contributed by atoms with van der Waals surface area (Å²) in [5.74, 6) is -0.0873. The highest BCUT2D eigenvalue weighted by Crippen LogP contribution is 2.21. The van der Waals surface area contributed by atoms with E-state index in [0.29, 0.717) is 26.1 Å². The number of nitrogens with one attached hydrogen (secondary N) is 2. The summed E-state index contributed by atoms with van der Waals surface area (Å²) in [6.45, 7) is 1.50. The number of piperazine rings is 1. The minimum absolute atomic E-state index is 0.0311. The molecule has 0 bridgehead atoms. The maximum atomic E-state index is 13.0. The largest absolute Gasteiger partial charge is 0.368 e. The molecule has 2 saturated heterocycles. The highest BCUT2D eigenvalue weighted by molar-refractivity contribution is 7.89. The van der Waals surface area contributed by atoms with Crippen molar-refractivity contribution < 1.29 is 17.9 Å². The van der Waals surface area contributed by atoms with Gasteiger partial charge in [-0.2, -0.15) is 4.31 Å². The van der Waals surface area contributed by atoms with Gasteiger partial charge < -0.3 is 14.6 Å². The van der Waals surface area contributed by atoms with Crippen LogP contribution in [0.1, 0.15) is 12.8 Å². The minimum atomic E-state index is -3.83. The van der Waals surface area contributed by atoms with Gasteiger partial charge in [-0.15, -0.1) is 0 Å². The first kappa shape index (κ1) is 18.8. The molecule has 10 nitrogen and oxygen atoms in total. The van der Waals surface area contributed by atoms with E-state index in [9.17, 15) is 22.8 Å². The summed E-state index contributed by atoms with van der Waals surface area (Å²) in [5.41, 5.74) is -1.04. The van der Waals surface area contributed by atoms with Crippen molar-refractivity contribution in [2.75, 3.05) is 32.8 Å². The third kappa shape index (κ3) is 3.36. The molecule has 0 saturated carbocycles. The highest BCUT2D eigenvalue weighted by Gasteiger charge is 2.34. The minimum Gasteiger partial charge on any atom is -0.368 e. The SMILES string of the molecule is O=C(C1CCCO1)N1CCN(S(=O)(=O)c2ccc3[nH]c(=O)[nH]c(=O)c3c2)CC1. The van der Waals surface area contributed by atoms with E-state index in [-0.39, 0.29) is 34.8 Å². The number of fused-ring (bicyclic) bond motifs is 1. The number of carbonyl (C=O) groups excluding carboxylic acids is 1. The molecule has 3 heterocycles. The van der Waals surface area contributed by atoms with Crippen LogP contribution in [0.3, 0.4) is 0 Å². The Labute approximate surface area is 160 Å². The van der Waals surface area contributed by atoms with Crippen molar-refractivity contribution in [3.63, 3.8) is 0 Å². The molecule has 28 heavy (non-hydrogen) atoms. The first-order chi connectivity index (χ1) is 13.4. The van der Waals surface area contributed by atoms with Crippen LogP contribution in [-0.2, 0) is 19.6 Å². The number of ether oxygens (including phenoxy) is 1. The predicted molar refractivity (Wildman–Crippen MR) is 99.5 cm³/mol. The Kier molecular flexibility index (Phi) is 4.81. The Morgan fingerprint density at radius 1 is 1.11 bits per heavy atom. The summed E-state index contributed by atoms with van der Waals surface area (Å²) >= 11 is 0. The van der Waals surface area contributed by atoms with E-state index >= 15 is 0 Å². The summed E-state index contributed by atoms with van der Waals surface area (Å²) in [7, 11) is -3.83. The topological polar surface area (TPSA) is 133 Å². The van der Waals surface area contributed by atoms with Gasteiger partial charge in [-0.05, 0) is 31.0 Å². The molecular formula is C17H20N4O6S. The number of rotatable bonds is 3. The third-order valence-corrected chi connectivity index (χ3v) is 7.00. The van der Waals surface area contributed by atoms with Gasteiger partial charge >= 0.3 is 5.69 Å². The first-order valence-electron chi connectivity index (χ1n) is 9.03. The van der Waals surface area contributed by atoms with Crippen molar-refractivity contribution in [3.8, 4) is 0 Å². The van der Waals surface area contributed by atoms with Gasteiger partial charge in [-0.25, -0.2) is 13.2 Å². The van der Waals surface area contributed by atoms with E-state index in [1.807, 2.05) is 0 Å². The monoisotopic (exact) mass is 408 g/mol. The second-order valence-corrected chi connectivity index (χ2v) is 8.78. The molecule has 2 aliphatic rings. The van der Waals surface area contributed by atoms with Gasteiger partial charge in [-0.1, -0.05) is 0 Å². The zero-order valence-corrected chi connectivity index (χ0v) is 15.8. The molecule has 11 heteroatoms. The number of benzene rings is 1. The van der Waals surface area contributed by atoms with Gasteiger partial charge in [0.1, 0.15) is 6.10 Å². The number of sulfonamides is 1. The lowest BCUT2D eigenvalue weighted by molar-refractivity contribution is -0.142. The van der Waals surface area contributed by atoms with E-state index in [1.165, 1.54) is 22.5 Å². The van der Waals surface area contributed by atoms with E-state index in [1.54, 1.807) is 4.90 Å². The lowest BCUT2D eigenvalue weighted by Gasteiger charge is -2.35. The third-order valence-electron chi connectivity index (χ3n) is 5.10. The lowest BCUT2D eigenvalue weighted by Crippen LogP contribution is -2.52. The van der Waals surface area contributed by atoms with Crippen LogP contribution < -0.4 is 11.2 Å². The van der Waals surface area contributed by atoms with Gasteiger partial charge in [0, 0.05) is 32.8 Å². The van der Waals surface area contributed by atoms with Crippen LogP contribution in [0.25, 0.3) is 10.9 Å². The van der Waals surface area contributed by atoms with E-state index in [2.05, 4.69) is 9.97 Å². The summed E-state index contributed by atoms with van der Waals surface area (Å²) in [5, 5.41) is 0.0906. The number of hydrogen-bond acceptors (Lipinski definition) is 6. The summed E-state index contributed by atoms with van der Waals surface area (Å²) in [6, 6.07) is 4.01. The maximum absolute atomic E-state index is 13.0. The number of carbonyl (C=O) groups is 1. The second kappa shape index (κ2) is 7.15. The normalized spacial score (nSPS) is 21.3. The Morgan fingerprint density at radius 2 is 1.86 bits per heavy atom. The number of H-pyrrole nitrogens is 2. The van der Waals surface area contributed by atoms with Gasteiger partial charge in [-0.3, -0.25) is 14.6 Å². The van der Waals surface area contributed by atoms with Crippen LogP contribution in [-0.4, -0.2) is 72.4 Å². The summed E-state index contributed by atoms with van der Waals surface area (Å²) in [6.07, 6.45) is 1.14. The Balaban J connectivity index is 1.53. The summed E-state index contributed by atoms with van der Waals surface area (Å²) < 4.78 is 32.6. The molecule has 0 spiro atoms. The maximum Gasteiger partial charge on any atom is 0.326 e. The average molecular weight is 408 g/mol. The molecule has 2 aromatic rings. The zero-order valence-electron chi connectivity index (χ0n) is 15.0. The summed E-state index contributed by atoms with van der Waals surface area (Å²) in [4.78, 5) is 41.8. The first-order valence-corrected chi connectivity index (χ1v) is 10.5. The number of aromatic amines is 2. The van der Waals surface area contributed by atoms with Crippen LogP contribution >= 0.6 is 0 Å². The fraction of sp³-hybridized carbons (Fsp3) is 0.471. The standard InChI is InChI=1S/C17H20N4O6S/c22-15-12-10-11(3-4-13(12)18-17(24)19-15)28(25,26)21-7-5-20(6-8-21)16(23)14-2-1-9-27-14/h3-4,10,14H,1-2,5-9H2,(H2,18,19,22,24). The second-order valence-electron chi connectivity index (χ2n) is 6.85. The molecule has 2 N–H and O–H groups in total. The molecule has 2 aliphatic heterocycles. The van der Waals surface area contributed by atoms with Gasteiger partial charge in [0.2, 0.25) is 10.0 Å².